The van der Waals surface area contributed by atoms with Crippen molar-refractivity contribution in [2.75, 3.05) is 47.4 Å². The summed E-state index contributed by atoms with van der Waals surface area (Å²) >= 11 is 0. The van der Waals surface area contributed by atoms with Crippen molar-refractivity contribution in [2.24, 2.45) is 0 Å². The molecule has 28 heavy (non-hydrogen) atoms. The number of methoxy groups -OCH3 is 2. The van der Waals surface area contributed by atoms with E-state index in [1.54, 1.807) is 14.2 Å². The molecule has 2 aromatic rings. The first-order chi connectivity index (χ1) is 13.2. The standard InChI is InChI=1S/C22H31N3O2.ClH/c1-24-11-13-25(14-12-24)17-20-8-5-4-7-18(20)15-23-16-19-9-6-10-21(26-2)22(19)27-3;/h4-10,23H,11-17H2,1-3H3;1H. The van der Waals surface area contributed by atoms with Gasteiger partial charge in [0, 0.05) is 51.4 Å². The Morgan fingerprint density at radius 1 is 0.821 bits per heavy atom. The van der Waals surface area contributed by atoms with Crippen LogP contribution in [0.25, 0.3) is 0 Å². The van der Waals surface area contributed by atoms with Crippen molar-refractivity contribution < 1.29 is 9.47 Å². The van der Waals surface area contributed by atoms with Gasteiger partial charge in [-0.25, -0.2) is 0 Å². The molecule has 154 valence electrons. The molecule has 1 aliphatic heterocycles. The van der Waals surface area contributed by atoms with E-state index in [9.17, 15) is 0 Å². The smallest absolute Gasteiger partial charge is 0.165 e. The van der Waals surface area contributed by atoms with Crippen molar-refractivity contribution >= 4 is 12.4 Å². The molecule has 1 aliphatic rings. The first-order valence-electron chi connectivity index (χ1n) is 9.59. The van der Waals surface area contributed by atoms with Gasteiger partial charge in [-0.15, -0.1) is 12.4 Å². The molecule has 1 N–H and O–H groups in total. The summed E-state index contributed by atoms with van der Waals surface area (Å²) in [5, 5.41) is 3.57. The monoisotopic (exact) mass is 405 g/mol. The Hall–Kier alpha value is -1.79. The molecule has 0 atom stereocenters. The van der Waals surface area contributed by atoms with E-state index in [4.69, 9.17) is 9.47 Å². The molecule has 3 rings (SSSR count). The molecule has 5 nitrogen and oxygen atoms in total. The summed E-state index contributed by atoms with van der Waals surface area (Å²) in [5.74, 6) is 1.57. The third-order valence-electron chi connectivity index (χ3n) is 5.22. The highest BCUT2D eigenvalue weighted by atomic mass is 35.5. The van der Waals surface area contributed by atoms with Crippen LogP contribution in [0.3, 0.4) is 0 Å². The lowest BCUT2D eigenvalue weighted by atomic mass is 10.1. The van der Waals surface area contributed by atoms with E-state index in [1.807, 2.05) is 12.1 Å². The Balaban J connectivity index is 0.00000280. The highest BCUT2D eigenvalue weighted by Crippen LogP contribution is 2.30. The number of rotatable bonds is 8. The highest BCUT2D eigenvalue weighted by Gasteiger charge is 2.15. The summed E-state index contributed by atoms with van der Waals surface area (Å²) in [6, 6.07) is 14.7. The van der Waals surface area contributed by atoms with Crippen LogP contribution in [0.5, 0.6) is 11.5 Å². The van der Waals surface area contributed by atoms with Crippen LogP contribution in [-0.2, 0) is 19.6 Å². The Morgan fingerprint density at radius 3 is 2.14 bits per heavy atom. The lowest BCUT2D eigenvalue weighted by Gasteiger charge is -2.32. The number of ether oxygens (including phenoxy) is 2. The lowest BCUT2D eigenvalue weighted by molar-refractivity contribution is 0.148. The summed E-state index contributed by atoms with van der Waals surface area (Å²) < 4.78 is 10.9. The number of piperazine rings is 1. The molecule has 1 saturated heterocycles. The molecule has 0 radical (unpaired) electrons. The van der Waals surface area contributed by atoms with Crippen LogP contribution in [0.2, 0.25) is 0 Å². The molecule has 0 saturated carbocycles. The fraction of sp³-hybridized carbons (Fsp3) is 0.455. The number of benzene rings is 2. The summed E-state index contributed by atoms with van der Waals surface area (Å²) in [7, 11) is 5.55. The molecular weight excluding hydrogens is 374 g/mol. The van der Waals surface area contributed by atoms with E-state index >= 15 is 0 Å². The van der Waals surface area contributed by atoms with Crippen molar-refractivity contribution in [3.63, 3.8) is 0 Å². The molecule has 2 aromatic carbocycles. The zero-order valence-corrected chi connectivity index (χ0v) is 17.9. The van der Waals surface area contributed by atoms with Crippen molar-refractivity contribution in [1.82, 2.24) is 15.1 Å². The molecule has 0 unspecified atom stereocenters. The number of nitrogens with zero attached hydrogens (tertiary/aromatic N) is 2. The molecule has 1 heterocycles. The predicted molar refractivity (Wildman–Crippen MR) is 117 cm³/mol. The van der Waals surface area contributed by atoms with Gasteiger partial charge in [0.15, 0.2) is 11.5 Å². The van der Waals surface area contributed by atoms with E-state index in [0.717, 1.165) is 62.9 Å². The second-order valence-electron chi connectivity index (χ2n) is 7.10. The Labute approximate surface area is 175 Å². The Morgan fingerprint density at radius 2 is 1.46 bits per heavy atom. The fourth-order valence-electron chi connectivity index (χ4n) is 3.56. The maximum absolute atomic E-state index is 5.53. The van der Waals surface area contributed by atoms with Gasteiger partial charge in [-0.1, -0.05) is 36.4 Å². The maximum Gasteiger partial charge on any atom is 0.165 e. The number of halogens is 1. The van der Waals surface area contributed by atoms with Crippen LogP contribution >= 0.6 is 12.4 Å². The van der Waals surface area contributed by atoms with Crippen molar-refractivity contribution in [2.45, 2.75) is 19.6 Å². The third-order valence-corrected chi connectivity index (χ3v) is 5.22. The maximum atomic E-state index is 5.53. The molecule has 6 heteroatoms. The predicted octanol–water partition coefficient (Wildman–Crippen LogP) is 3.16. The number of hydrogen-bond donors (Lipinski definition) is 1. The van der Waals surface area contributed by atoms with E-state index in [-0.39, 0.29) is 12.4 Å². The van der Waals surface area contributed by atoms with E-state index in [1.165, 1.54) is 11.1 Å². The minimum absolute atomic E-state index is 0. The van der Waals surface area contributed by atoms with Gasteiger partial charge in [0.2, 0.25) is 0 Å². The molecule has 0 aliphatic carbocycles. The second-order valence-corrected chi connectivity index (χ2v) is 7.10. The highest BCUT2D eigenvalue weighted by molar-refractivity contribution is 5.85. The zero-order chi connectivity index (χ0) is 19.1. The topological polar surface area (TPSA) is 37.0 Å². The number of hydrogen-bond acceptors (Lipinski definition) is 5. The Kier molecular flexibility index (Phi) is 9.06. The first-order valence-corrected chi connectivity index (χ1v) is 9.59. The molecule has 1 fully saturated rings. The van der Waals surface area contributed by atoms with Gasteiger partial charge in [0.05, 0.1) is 14.2 Å². The molecule has 0 spiro atoms. The van der Waals surface area contributed by atoms with Crippen molar-refractivity contribution in [1.29, 1.82) is 0 Å². The van der Waals surface area contributed by atoms with Gasteiger partial charge in [-0.05, 0) is 24.2 Å². The van der Waals surface area contributed by atoms with E-state index < -0.39 is 0 Å². The molecule has 0 bridgehead atoms. The van der Waals surface area contributed by atoms with Gasteiger partial charge in [0.25, 0.3) is 0 Å². The SMILES string of the molecule is COc1cccc(CNCc2ccccc2CN2CCN(C)CC2)c1OC.Cl. The van der Waals surface area contributed by atoms with Gasteiger partial charge < -0.3 is 19.7 Å². The first kappa shape index (κ1) is 22.5. The van der Waals surface area contributed by atoms with Gasteiger partial charge >= 0.3 is 0 Å². The van der Waals surface area contributed by atoms with Crippen LogP contribution in [-0.4, -0.2) is 57.2 Å². The van der Waals surface area contributed by atoms with Gasteiger partial charge in [0.1, 0.15) is 0 Å². The summed E-state index contributed by atoms with van der Waals surface area (Å²) in [4.78, 5) is 4.94. The number of likely N-dealkylation sites (N-methyl/N-ethyl adjacent to an activating group) is 1. The molecule has 0 aromatic heterocycles. The van der Waals surface area contributed by atoms with E-state index in [2.05, 4.69) is 52.5 Å². The minimum Gasteiger partial charge on any atom is -0.493 e. The van der Waals surface area contributed by atoms with Crippen LogP contribution in [0.4, 0.5) is 0 Å². The van der Waals surface area contributed by atoms with Gasteiger partial charge in [-0.3, -0.25) is 4.90 Å². The van der Waals surface area contributed by atoms with Gasteiger partial charge in [-0.2, -0.15) is 0 Å². The normalized spacial score (nSPS) is 15.1. The third kappa shape index (κ3) is 5.85. The second kappa shape index (κ2) is 11.3. The van der Waals surface area contributed by atoms with Crippen LogP contribution in [0.15, 0.2) is 42.5 Å². The number of para-hydroxylation sites is 1. The summed E-state index contributed by atoms with van der Waals surface area (Å²) in [5.41, 5.74) is 3.87. The largest absolute Gasteiger partial charge is 0.493 e. The number of nitrogens with one attached hydrogen (secondary N) is 1. The van der Waals surface area contributed by atoms with Crippen LogP contribution in [0.1, 0.15) is 16.7 Å². The average molecular weight is 406 g/mol. The quantitative estimate of drug-likeness (QED) is 0.730. The molecular formula is C22H32ClN3O2. The zero-order valence-electron chi connectivity index (χ0n) is 17.1. The van der Waals surface area contributed by atoms with Crippen LogP contribution in [0, 0.1) is 0 Å². The van der Waals surface area contributed by atoms with Crippen LogP contribution < -0.4 is 14.8 Å². The fourth-order valence-corrected chi connectivity index (χ4v) is 3.56. The van der Waals surface area contributed by atoms with Crippen molar-refractivity contribution in [3.8, 4) is 11.5 Å². The summed E-state index contributed by atoms with van der Waals surface area (Å²) in [6.45, 7) is 7.17. The van der Waals surface area contributed by atoms with Crippen molar-refractivity contribution in [3.05, 3.63) is 59.2 Å². The average Bonchev–Trinajstić information content (AvgIpc) is 2.70. The minimum atomic E-state index is 0. The van der Waals surface area contributed by atoms with E-state index in [0.29, 0.717) is 0 Å². The summed E-state index contributed by atoms with van der Waals surface area (Å²) in [6.07, 6.45) is 0. The lowest BCUT2D eigenvalue weighted by Crippen LogP contribution is -2.44. The molecule has 0 amide bonds. The Bertz CT molecular complexity index is 733.